The zero-order valence-electron chi connectivity index (χ0n) is 12.2. The molecule has 1 aliphatic carbocycles. The zero-order chi connectivity index (χ0) is 13.5. The van der Waals surface area contributed by atoms with Gasteiger partial charge in [-0.3, -0.25) is 9.69 Å². The van der Waals surface area contributed by atoms with Gasteiger partial charge in [-0.15, -0.1) is 0 Å². The number of nitrogens with zero attached hydrogens (tertiary/aromatic N) is 1. The van der Waals surface area contributed by atoms with Gasteiger partial charge in [0.05, 0.1) is 5.92 Å². The van der Waals surface area contributed by atoms with E-state index in [1.165, 1.54) is 38.5 Å². The average molecular weight is 255 g/mol. The molecular formula is C15H29NO2. The Bertz CT molecular complexity index is 247. The SMILES string of the molecule is CC(C)CCN(CC(C)C(=O)O)C1CCCCC1. The van der Waals surface area contributed by atoms with Crippen LogP contribution in [0.25, 0.3) is 0 Å². The van der Waals surface area contributed by atoms with E-state index >= 15 is 0 Å². The standard InChI is InChI=1S/C15H29NO2/c1-12(2)9-10-16(11-13(3)15(17)18)14-7-5-4-6-8-14/h12-14H,4-11H2,1-3H3,(H,17,18). The van der Waals surface area contributed by atoms with E-state index in [1.54, 1.807) is 0 Å². The van der Waals surface area contributed by atoms with E-state index in [0.29, 0.717) is 18.5 Å². The van der Waals surface area contributed by atoms with Crippen LogP contribution >= 0.6 is 0 Å². The highest BCUT2D eigenvalue weighted by molar-refractivity contribution is 5.69. The molecule has 1 N–H and O–H groups in total. The van der Waals surface area contributed by atoms with Crippen molar-refractivity contribution in [3.8, 4) is 0 Å². The Morgan fingerprint density at radius 1 is 1.22 bits per heavy atom. The molecule has 1 saturated carbocycles. The second-order valence-electron chi connectivity index (χ2n) is 6.21. The summed E-state index contributed by atoms with van der Waals surface area (Å²) in [4.78, 5) is 13.5. The van der Waals surface area contributed by atoms with Crippen molar-refractivity contribution in [3.63, 3.8) is 0 Å². The molecular weight excluding hydrogens is 226 g/mol. The van der Waals surface area contributed by atoms with Crippen molar-refractivity contribution in [1.82, 2.24) is 4.90 Å². The number of hydrogen-bond acceptors (Lipinski definition) is 2. The van der Waals surface area contributed by atoms with Crippen LogP contribution in [0.5, 0.6) is 0 Å². The van der Waals surface area contributed by atoms with Crippen LogP contribution < -0.4 is 0 Å². The fourth-order valence-electron chi connectivity index (χ4n) is 2.72. The van der Waals surface area contributed by atoms with Crippen LogP contribution in [0.4, 0.5) is 0 Å². The van der Waals surface area contributed by atoms with Gasteiger partial charge in [0.15, 0.2) is 0 Å². The molecule has 1 aliphatic rings. The number of hydrogen-bond donors (Lipinski definition) is 1. The molecule has 18 heavy (non-hydrogen) atoms. The molecule has 0 aromatic heterocycles. The molecule has 1 atom stereocenters. The summed E-state index contributed by atoms with van der Waals surface area (Å²) in [5, 5.41) is 9.08. The summed E-state index contributed by atoms with van der Waals surface area (Å²) in [6.45, 7) is 8.07. The van der Waals surface area contributed by atoms with Gasteiger partial charge in [-0.25, -0.2) is 0 Å². The number of carboxylic acids is 1. The number of carbonyl (C=O) groups is 1. The van der Waals surface area contributed by atoms with Crippen molar-refractivity contribution in [2.75, 3.05) is 13.1 Å². The predicted molar refractivity (Wildman–Crippen MR) is 74.7 cm³/mol. The first-order valence-corrected chi connectivity index (χ1v) is 7.47. The molecule has 0 aromatic rings. The molecule has 0 heterocycles. The van der Waals surface area contributed by atoms with E-state index < -0.39 is 5.97 Å². The third kappa shape index (κ3) is 5.38. The molecule has 0 amide bonds. The van der Waals surface area contributed by atoms with Crippen molar-refractivity contribution in [2.24, 2.45) is 11.8 Å². The molecule has 1 unspecified atom stereocenters. The Balaban J connectivity index is 2.52. The molecule has 1 fully saturated rings. The van der Waals surface area contributed by atoms with Crippen LogP contribution in [0.2, 0.25) is 0 Å². The topological polar surface area (TPSA) is 40.5 Å². The summed E-state index contributed by atoms with van der Waals surface area (Å²) in [5.74, 6) is -0.226. The second-order valence-corrected chi connectivity index (χ2v) is 6.21. The van der Waals surface area contributed by atoms with E-state index in [4.69, 9.17) is 5.11 Å². The van der Waals surface area contributed by atoms with Crippen molar-refractivity contribution >= 4 is 5.97 Å². The first kappa shape index (κ1) is 15.5. The molecule has 0 spiro atoms. The first-order chi connectivity index (χ1) is 8.50. The minimum absolute atomic E-state index is 0.251. The summed E-state index contributed by atoms with van der Waals surface area (Å²) < 4.78 is 0. The van der Waals surface area contributed by atoms with Gasteiger partial charge in [0.1, 0.15) is 0 Å². The van der Waals surface area contributed by atoms with Crippen LogP contribution in [0.1, 0.15) is 59.3 Å². The maximum Gasteiger partial charge on any atom is 0.307 e. The van der Waals surface area contributed by atoms with E-state index in [-0.39, 0.29) is 5.92 Å². The maximum absolute atomic E-state index is 11.0. The fraction of sp³-hybridized carbons (Fsp3) is 0.933. The normalized spacial score (nSPS) is 19.4. The average Bonchev–Trinajstić information content (AvgIpc) is 2.34. The fourth-order valence-corrected chi connectivity index (χ4v) is 2.72. The van der Waals surface area contributed by atoms with Gasteiger partial charge in [0, 0.05) is 12.6 Å². The molecule has 0 aromatic carbocycles. The minimum atomic E-state index is -0.666. The Morgan fingerprint density at radius 2 is 1.83 bits per heavy atom. The van der Waals surface area contributed by atoms with Gasteiger partial charge in [0.25, 0.3) is 0 Å². The quantitative estimate of drug-likeness (QED) is 0.758. The zero-order valence-corrected chi connectivity index (χ0v) is 12.2. The number of rotatable bonds is 7. The highest BCUT2D eigenvalue weighted by atomic mass is 16.4. The van der Waals surface area contributed by atoms with Crippen LogP contribution in [0.15, 0.2) is 0 Å². The van der Waals surface area contributed by atoms with E-state index in [9.17, 15) is 4.79 Å². The van der Waals surface area contributed by atoms with E-state index in [2.05, 4.69) is 18.7 Å². The third-order valence-corrected chi connectivity index (χ3v) is 4.01. The summed E-state index contributed by atoms with van der Waals surface area (Å²) in [6, 6.07) is 0.624. The van der Waals surface area contributed by atoms with Crippen LogP contribution in [-0.2, 0) is 4.79 Å². The second kappa shape index (κ2) is 7.78. The van der Waals surface area contributed by atoms with Gasteiger partial charge in [-0.1, -0.05) is 40.0 Å². The van der Waals surface area contributed by atoms with Crippen molar-refractivity contribution in [3.05, 3.63) is 0 Å². The first-order valence-electron chi connectivity index (χ1n) is 7.47. The Kier molecular flexibility index (Phi) is 6.69. The van der Waals surface area contributed by atoms with Crippen molar-refractivity contribution in [1.29, 1.82) is 0 Å². The Morgan fingerprint density at radius 3 is 2.33 bits per heavy atom. The summed E-state index contributed by atoms with van der Waals surface area (Å²) in [5.41, 5.74) is 0. The molecule has 106 valence electrons. The highest BCUT2D eigenvalue weighted by Gasteiger charge is 2.24. The molecule has 1 rings (SSSR count). The Hall–Kier alpha value is -0.570. The van der Waals surface area contributed by atoms with Gasteiger partial charge >= 0.3 is 5.97 Å². The molecule has 0 radical (unpaired) electrons. The van der Waals surface area contributed by atoms with E-state index in [0.717, 1.165) is 6.54 Å². The lowest BCUT2D eigenvalue weighted by Gasteiger charge is -2.35. The molecule has 0 bridgehead atoms. The van der Waals surface area contributed by atoms with Crippen LogP contribution in [0, 0.1) is 11.8 Å². The van der Waals surface area contributed by atoms with Crippen molar-refractivity contribution < 1.29 is 9.90 Å². The lowest BCUT2D eigenvalue weighted by molar-refractivity contribution is -0.142. The smallest absolute Gasteiger partial charge is 0.307 e. The summed E-state index contributed by atoms with van der Waals surface area (Å²) in [7, 11) is 0. The van der Waals surface area contributed by atoms with Gasteiger partial charge in [-0.2, -0.15) is 0 Å². The molecule has 0 saturated heterocycles. The lowest BCUT2D eigenvalue weighted by Crippen LogP contribution is -2.42. The Labute approximate surface area is 112 Å². The number of carboxylic acid groups (broad SMARTS) is 1. The lowest BCUT2D eigenvalue weighted by atomic mass is 9.93. The summed E-state index contributed by atoms with van der Waals surface area (Å²) in [6.07, 6.45) is 7.65. The molecule has 3 heteroatoms. The van der Waals surface area contributed by atoms with Gasteiger partial charge in [-0.05, 0) is 31.7 Å². The third-order valence-electron chi connectivity index (χ3n) is 4.01. The maximum atomic E-state index is 11.0. The van der Waals surface area contributed by atoms with E-state index in [1.807, 2.05) is 6.92 Å². The largest absolute Gasteiger partial charge is 0.481 e. The monoisotopic (exact) mass is 255 g/mol. The van der Waals surface area contributed by atoms with Crippen LogP contribution in [0.3, 0.4) is 0 Å². The van der Waals surface area contributed by atoms with Gasteiger partial charge in [0.2, 0.25) is 0 Å². The van der Waals surface area contributed by atoms with Crippen LogP contribution in [-0.4, -0.2) is 35.1 Å². The molecule has 3 nitrogen and oxygen atoms in total. The number of aliphatic carboxylic acids is 1. The van der Waals surface area contributed by atoms with Crippen molar-refractivity contribution in [2.45, 2.75) is 65.3 Å². The van der Waals surface area contributed by atoms with Gasteiger partial charge < -0.3 is 5.11 Å². The molecule has 0 aliphatic heterocycles. The summed E-state index contributed by atoms with van der Waals surface area (Å²) >= 11 is 0. The minimum Gasteiger partial charge on any atom is -0.481 e. The highest BCUT2D eigenvalue weighted by Crippen LogP contribution is 2.24. The predicted octanol–water partition coefficient (Wildman–Crippen LogP) is 3.39.